The summed E-state index contributed by atoms with van der Waals surface area (Å²) in [6.45, 7) is 3.02. The summed E-state index contributed by atoms with van der Waals surface area (Å²) in [7, 11) is 0. The van der Waals surface area contributed by atoms with Crippen molar-refractivity contribution < 1.29 is 19.1 Å². The first kappa shape index (κ1) is 17.4. The number of carbonyl (C=O) groups is 3. The fourth-order valence-corrected chi connectivity index (χ4v) is 3.06. The molecule has 25 heavy (non-hydrogen) atoms. The van der Waals surface area contributed by atoms with Gasteiger partial charge in [0.25, 0.3) is 5.91 Å². The maximum absolute atomic E-state index is 12.3. The minimum absolute atomic E-state index is 0.366. The lowest BCUT2D eigenvalue weighted by molar-refractivity contribution is -0.140. The molecule has 0 aromatic heterocycles. The molecule has 1 atom stereocenters. The molecular weight excluding hydrogens is 388 g/mol. The third-order valence-corrected chi connectivity index (χ3v) is 4.84. The number of esters is 1. The molecule has 2 aromatic rings. The summed E-state index contributed by atoms with van der Waals surface area (Å²) in [6.07, 6.45) is 0.448. The highest BCUT2D eigenvalue weighted by atomic mass is 79.9. The predicted molar refractivity (Wildman–Crippen MR) is 96.2 cm³/mol. The van der Waals surface area contributed by atoms with Crippen LogP contribution in [0.2, 0.25) is 0 Å². The van der Waals surface area contributed by atoms with E-state index in [0.717, 1.165) is 20.1 Å². The second kappa shape index (κ2) is 6.48. The van der Waals surface area contributed by atoms with Crippen molar-refractivity contribution in [2.24, 2.45) is 0 Å². The molecule has 0 bridgehead atoms. The van der Waals surface area contributed by atoms with E-state index in [4.69, 9.17) is 4.74 Å². The van der Waals surface area contributed by atoms with Gasteiger partial charge in [-0.15, -0.1) is 0 Å². The summed E-state index contributed by atoms with van der Waals surface area (Å²) in [6, 6.07) is 10.4. The highest BCUT2D eigenvalue weighted by Crippen LogP contribution is 2.25. The van der Waals surface area contributed by atoms with Crippen molar-refractivity contribution in [2.75, 3.05) is 6.54 Å². The van der Waals surface area contributed by atoms with Crippen molar-refractivity contribution in [1.29, 1.82) is 0 Å². The molecule has 1 aliphatic heterocycles. The zero-order valence-electron chi connectivity index (χ0n) is 13.8. The fourth-order valence-electron chi connectivity index (χ4n) is 2.68. The van der Waals surface area contributed by atoms with E-state index in [-0.39, 0.29) is 0 Å². The number of ether oxygens (including phenoxy) is 1. The molecule has 0 saturated carbocycles. The van der Waals surface area contributed by atoms with Gasteiger partial charge in [0.15, 0.2) is 0 Å². The summed E-state index contributed by atoms with van der Waals surface area (Å²) >= 11 is 3.41. The number of carbonyl (C=O) groups excluding carboxylic acids is 3. The van der Waals surface area contributed by atoms with E-state index in [9.17, 15) is 14.4 Å². The summed E-state index contributed by atoms with van der Waals surface area (Å²) in [4.78, 5) is 37.3. The number of nitrogens with zero attached hydrogens (tertiary/aromatic N) is 1. The summed E-state index contributed by atoms with van der Waals surface area (Å²) in [5, 5.41) is 4.52. The molecule has 6 nitrogen and oxygen atoms in total. The van der Waals surface area contributed by atoms with Crippen LogP contribution in [0, 0.1) is 0 Å². The molecule has 0 spiro atoms. The Kier molecular flexibility index (Phi) is 4.51. The van der Waals surface area contributed by atoms with Gasteiger partial charge >= 0.3 is 12.0 Å². The number of hydrogen-bond acceptors (Lipinski definition) is 4. The number of imide groups is 1. The number of rotatable bonds is 4. The first-order valence-electron chi connectivity index (χ1n) is 7.86. The number of benzene rings is 2. The Morgan fingerprint density at radius 3 is 2.56 bits per heavy atom. The Bertz CT molecular complexity index is 883. The maximum atomic E-state index is 12.3. The van der Waals surface area contributed by atoms with Crippen molar-refractivity contribution in [1.82, 2.24) is 10.2 Å². The number of urea groups is 1. The quantitative estimate of drug-likeness (QED) is 0.482. The van der Waals surface area contributed by atoms with Gasteiger partial charge in [0, 0.05) is 4.47 Å². The molecule has 1 saturated heterocycles. The Labute approximate surface area is 153 Å². The SMILES string of the molecule is CC[C@@]1(C)NC(=O)N(CC(=O)Oc2ccc3cc(Br)ccc3c2)C1=O. The molecule has 7 heteroatoms. The monoisotopic (exact) mass is 404 g/mol. The van der Waals surface area contributed by atoms with Crippen LogP contribution in [0.4, 0.5) is 4.79 Å². The van der Waals surface area contributed by atoms with E-state index in [0.29, 0.717) is 12.2 Å². The van der Waals surface area contributed by atoms with E-state index < -0.39 is 30.0 Å². The second-order valence-corrected chi connectivity index (χ2v) is 7.05. The van der Waals surface area contributed by atoms with Gasteiger partial charge in [-0.25, -0.2) is 9.59 Å². The smallest absolute Gasteiger partial charge is 0.331 e. The number of fused-ring (bicyclic) bond motifs is 1. The van der Waals surface area contributed by atoms with E-state index in [1.807, 2.05) is 24.3 Å². The van der Waals surface area contributed by atoms with Crippen LogP contribution in [-0.4, -0.2) is 34.9 Å². The maximum Gasteiger partial charge on any atom is 0.331 e. The lowest BCUT2D eigenvalue weighted by Gasteiger charge is -2.18. The first-order valence-corrected chi connectivity index (χ1v) is 8.66. The lowest BCUT2D eigenvalue weighted by atomic mass is 9.99. The first-order chi connectivity index (χ1) is 11.8. The van der Waals surface area contributed by atoms with Crippen molar-refractivity contribution in [2.45, 2.75) is 25.8 Å². The van der Waals surface area contributed by atoms with Crippen LogP contribution in [-0.2, 0) is 9.59 Å². The Balaban J connectivity index is 1.72. The van der Waals surface area contributed by atoms with Crippen LogP contribution >= 0.6 is 15.9 Å². The molecule has 0 aliphatic carbocycles. The Morgan fingerprint density at radius 2 is 1.88 bits per heavy atom. The van der Waals surface area contributed by atoms with Crippen LogP contribution in [0.25, 0.3) is 10.8 Å². The van der Waals surface area contributed by atoms with Crippen molar-refractivity contribution in [3.63, 3.8) is 0 Å². The van der Waals surface area contributed by atoms with E-state index >= 15 is 0 Å². The number of amides is 3. The zero-order valence-corrected chi connectivity index (χ0v) is 15.4. The van der Waals surface area contributed by atoms with Crippen molar-refractivity contribution in [3.8, 4) is 5.75 Å². The van der Waals surface area contributed by atoms with Crippen molar-refractivity contribution in [3.05, 3.63) is 40.9 Å². The van der Waals surface area contributed by atoms with Crippen LogP contribution in [0.15, 0.2) is 40.9 Å². The largest absolute Gasteiger partial charge is 0.425 e. The highest BCUT2D eigenvalue weighted by molar-refractivity contribution is 9.10. The second-order valence-electron chi connectivity index (χ2n) is 6.13. The topological polar surface area (TPSA) is 75.7 Å². The van der Waals surface area contributed by atoms with Gasteiger partial charge in [0.2, 0.25) is 0 Å². The highest BCUT2D eigenvalue weighted by Gasteiger charge is 2.47. The molecule has 1 heterocycles. The van der Waals surface area contributed by atoms with Gasteiger partial charge in [0.05, 0.1) is 0 Å². The van der Waals surface area contributed by atoms with Crippen LogP contribution in [0.3, 0.4) is 0 Å². The molecule has 130 valence electrons. The van der Waals surface area contributed by atoms with E-state index in [2.05, 4.69) is 21.2 Å². The number of nitrogens with one attached hydrogen (secondary N) is 1. The molecule has 3 rings (SSSR count). The fraction of sp³-hybridized carbons (Fsp3) is 0.278. The standard InChI is InChI=1S/C18H17BrN2O4/c1-3-18(2)16(23)21(17(24)20-18)10-15(22)25-14-7-5-11-8-13(19)6-4-12(11)9-14/h4-9H,3,10H2,1-2H3,(H,20,24)/t18-/m1/s1. The normalized spacial score (nSPS) is 20.0. The minimum atomic E-state index is -0.965. The van der Waals surface area contributed by atoms with Crippen LogP contribution in [0.1, 0.15) is 20.3 Å². The average Bonchev–Trinajstić information content (AvgIpc) is 2.79. The Hall–Kier alpha value is -2.41. The van der Waals surface area contributed by atoms with Gasteiger partial charge in [-0.05, 0) is 48.4 Å². The summed E-state index contributed by atoms with van der Waals surface area (Å²) in [5.41, 5.74) is -0.965. The molecule has 1 fully saturated rings. The van der Waals surface area contributed by atoms with Crippen molar-refractivity contribution >= 4 is 44.6 Å². The van der Waals surface area contributed by atoms with E-state index in [1.165, 1.54) is 0 Å². The number of hydrogen-bond donors (Lipinski definition) is 1. The average molecular weight is 405 g/mol. The van der Waals surface area contributed by atoms with Gasteiger partial charge < -0.3 is 10.1 Å². The van der Waals surface area contributed by atoms with Gasteiger partial charge in [-0.1, -0.05) is 35.0 Å². The Morgan fingerprint density at radius 1 is 1.20 bits per heavy atom. The summed E-state index contributed by atoms with van der Waals surface area (Å²) < 4.78 is 6.25. The molecule has 0 unspecified atom stereocenters. The third kappa shape index (κ3) is 3.37. The van der Waals surface area contributed by atoms with Crippen LogP contribution in [0.5, 0.6) is 5.75 Å². The number of halogens is 1. The zero-order chi connectivity index (χ0) is 18.2. The predicted octanol–water partition coefficient (Wildman–Crippen LogP) is 3.23. The van der Waals surface area contributed by atoms with E-state index in [1.54, 1.807) is 26.0 Å². The molecular formula is C18H17BrN2O4. The molecule has 1 aliphatic rings. The van der Waals surface area contributed by atoms with Gasteiger partial charge in [0.1, 0.15) is 17.8 Å². The van der Waals surface area contributed by atoms with Gasteiger partial charge in [-0.3, -0.25) is 9.69 Å². The molecule has 1 N–H and O–H groups in total. The third-order valence-electron chi connectivity index (χ3n) is 4.34. The molecule has 3 amide bonds. The lowest BCUT2D eigenvalue weighted by Crippen LogP contribution is -2.43. The molecule has 2 aromatic carbocycles. The van der Waals surface area contributed by atoms with Crippen LogP contribution < -0.4 is 10.1 Å². The minimum Gasteiger partial charge on any atom is -0.425 e. The molecule has 0 radical (unpaired) electrons. The summed E-state index contributed by atoms with van der Waals surface area (Å²) in [5.74, 6) is -0.717. The van der Waals surface area contributed by atoms with Gasteiger partial charge in [-0.2, -0.15) is 0 Å².